The molecule has 2 N–H and O–H groups in total. The number of ether oxygens (including phenoxy) is 1. The van der Waals surface area contributed by atoms with Gasteiger partial charge in [-0.05, 0) is 30.5 Å². The van der Waals surface area contributed by atoms with Crippen LogP contribution in [-0.2, 0) is 20.9 Å². The topological polar surface area (TPSA) is 139 Å². The molecule has 2 rings (SSSR count). The van der Waals surface area contributed by atoms with Gasteiger partial charge in [-0.25, -0.2) is 9.59 Å². The number of non-ortho nitro benzene ring substituents is 1. The number of benzene rings is 1. The third kappa shape index (κ3) is 4.91. The van der Waals surface area contributed by atoms with E-state index >= 15 is 0 Å². The Bertz CT molecular complexity index is 704. The van der Waals surface area contributed by atoms with Crippen LogP contribution in [0.25, 0.3) is 0 Å². The van der Waals surface area contributed by atoms with Gasteiger partial charge in [0.2, 0.25) is 5.91 Å². The fourth-order valence-corrected chi connectivity index (χ4v) is 2.80. The van der Waals surface area contributed by atoms with Crippen molar-refractivity contribution in [1.82, 2.24) is 10.2 Å². The van der Waals surface area contributed by atoms with E-state index in [1.165, 1.54) is 31.2 Å². The summed E-state index contributed by atoms with van der Waals surface area (Å²) < 4.78 is 5.16. The van der Waals surface area contributed by atoms with Gasteiger partial charge in [0.25, 0.3) is 5.69 Å². The van der Waals surface area contributed by atoms with Crippen molar-refractivity contribution in [2.75, 3.05) is 6.54 Å². The van der Waals surface area contributed by atoms with E-state index in [1.54, 1.807) is 0 Å². The Morgan fingerprint density at radius 1 is 1.31 bits per heavy atom. The van der Waals surface area contributed by atoms with Gasteiger partial charge >= 0.3 is 12.1 Å². The number of likely N-dealkylation sites (tertiary alicyclic amines) is 1. The summed E-state index contributed by atoms with van der Waals surface area (Å²) in [6.07, 6.45) is -0.575. The maximum atomic E-state index is 12.3. The summed E-state index contributed by atoms with van der Waals surface area (Å²) in [6, 6.07) is 4.23. The number of rotatable bonds is 5. The van der Waals surface area contributed by atoms with Crippen molar-refractivity contribution in [3.8, 4) is 0 Å². The van der Waals surface area contributed by atoms with Crippen LogP contribution >= 0.6 is 0 Å². The van der Waals surface area contributed by atoms with Gasteiger partial charge < -0.3 is 15.2 Å². The van der Waals surface area contributed by atoms with Gasteiger partial charge in [0.1, 0.15) is 12.6 Å². The van der Waals surface area contributed by atoms with Gasteiger partial charge in [0, 0.05) is 31.6 Å². The van der Waals surface area contributed by atoms with Crippen LogP contribution in [0.1, 0.15) is 25.3 Å². The van der Waals surface area contributed by atoms with E-state index in [1.807, 2.05) is 0 Å². The highest BCUT2D eigenvalue weighted by atomic mass is 16.6. The van der Waals surface area contributed by atoms with Gasteiger partial charge in [0.05, 0.1) is 4.92 Å². The Labute approximate surface area is 148 Å². The molecule has 2 atom stereocenters. The molecule has 26 heavy (non-hydrogen) atoms. The standard InChI is InChI=1S/C16H19N3O7/c1-10(20)17-12-4-7-14(18(8-12)16(22)23)15(21)26-9-11-2-5-13(6-3-11)19(24)25/h2-3,5-6,12,14H,4,7-9H2,1H3,(H,17,20)(H,22,23)/t12-,14+/m0/s1. The van der Waals surface area contributed by atoms with Gasteiger partial charge in [-0.2, -0.15) is 0 Å². The SMILES string of the molecule is CC(=O)N[C@H]1CC[C@H](C(=O)OCc2ccc([N+](=O)[O-])cc2)N(C(=O)O)C1. The number of nitrogens with one attached hydrogen (secondary N) is 1. The number of hydrogen-bond acceptors (Lipinski definition) is 6. The number of nitro groups is 1. The number of nitrogens with zero attached hydrogens (tertiary/aromatic N) is 2. The lowest BCUT2D eigenvalue weighted by atomic mass is 9.98. The summed E-state index contributed by atoms with van der Waals surface area (Å²) in [6.45, 7) is 1.23. The second kappa shape index (κ2) is 8.28. The Kier molecular flexibility index (Phi) is 6.10. The van der Waals surface area contributed by atoms with E-state index in [2.05, 4.69) is 5.32 Å². The van der Waals surface area contributed by atoms with Crippen molar-refractivity contribution in [1.29, 1.82) is 0 Å². The number of hydrogen-bond donors (Lipinski definition) is 2. The second-order valence-corrected chi connectivity index (χ2v) is 5.96. The number of esters is 1. The molecule has 1 aliphatic rings. The molecule has 10 nitrogen and oxygen atoms in total. The van der Waals surface area contributed by atoms with Crippen molar-refractivity contribution in [3.05, 3.63) is 39.9 Å². The van der Waals surface area contributed by atoms with Crippen LogP contribution in [0.5, 0.6) is 0 Å². The Balaban J connectivity index is 1.95. The summed E-state index contributed by atoms with van der Waals surface area (Å²) >= 11 is 0. The van der Waals surface area contributed by atoms with E-state index in [9.17, 15) is 29.6 Å². The number of piperidine rings is 1. The van der Waals surface area contributed by atoms with Crippen molar-refractivity contribution < 1.29 is 29.2 Å². The molecule has 140 valence electrons. The number of amides is 2. The van der Waals surface area contributed by atoms with Crippen LogP contribution in [0.15, 0.2) is 24.3 Å². The lowest BCUT2D eigenvalue weighted by molar-refractivity contribution is -0.384. The number of carbonyl (C=O) groups excluding carboxylic acids is 2. The molecule has 0 bridgehead atoms. The lowest BCUT2D eigenvalue weighted by Crippen LogP contribution is -2.56. The summed E-state index contributed by atoms with van der Waals surface area (Å²) in [5.41, 5.74) is 0.478. The van der Waals surface area contributed by atoms with Crippen LogP contribution in [0.4, 0.5) is 10.5 Å². The van der Waals surface area contributed by atoms with Crippen LogP contribution in [0, 0.1) is 10.1 Å². The molecule has 0 aliphatic carbocycles. The zero-order valence-corrected chi connectivity index (χ0v) is 14.1. The summed E-state index contributed by atoms with van der Waals surface area (Å²) in [7, 11) is 0. The third-order valence-electron chi connectivity index (χ3n) is 4.04. The Morgan fingerprint density at radius 3 is 2.50 bits per heavy atom. The quantitative estimate of drug-likeness (QED) is 0.455. The predicted molar refractivity (Wildman–Crippen MR) is 88.2 cm³/mol. The first-order valence-electron chi connectivity index (χ1n) is 7.94. The average molecular weight is 365 g/mol. The summed E-state index contributed by atoms with van der Waals surface area (Å²) in [5, 5.41) is 22.6. The minimum atomic E-state index is -1.27. The van der Waals surface area contributed by atoms with Gasteiger partial charge in [-0.15, -0.1) is 0 Å². The van der Waals surface area contributed by atoms with E-state index < -0.39 is 23.0 Å². The van der Waals surface area contributed by atoms with Gasteiger partial charge in [-0.3, -0.25) is 19.8 Å². The van der Waals surface area contributed by atoms with Gasteiger partial charge in [-0.1, -0.05) is 0 Å². The fraction of sp³-hybridized carbons (Fsp3) is 0.438. The zero-order valence-electron chi connectivity index (χ0n) is 14.1. The van der Waals surface area contributed by atoms with E-state index in [0.717, 1.165) is 4.90 Å². The first-order chi connectivity index (χ1) is 12.3. The molecule has 1 aliphatic heterocycles. The number of nitro benzene ring substituents is 1. The minimum absolute atomic E-state index is 0.00616. The largest absolute Gasteiger partial charge is 0.465 e. The highest BCUT2D eigenvalue weighted by Crippen LogP contribution is 2.20. The Hall–Kier alpha value is -3.17. The minimum Gasteiger partial charge on any atom is -0.465 e. The third-order valence-corrected chi connectivity index (χ3v) is 4.04. The molecule has 0 unspecified atom stereocenters. The first kappa shape index (κ1) is 19.2. The van der Waals surface area contributed by atoms with Crippen molar-refractivity contribution >= 4 is 23.7 Å². The molecule has 1 saturated heterocycles. The van der Waals surface area contributed by atoms with Crippen LogP contribution in [0.2, 0.25) is 0 Å². The van der Waals surface area contributed by atoms with E-state index in [0.29, 0.717) is 12.0 Å². The van der Waals surface area contributed by atoms with Crippen LogP contribution in [-0.4, -0.2) is 51.5 Å². The van der Waals surface area contributed by atoms with Crippen molar-refractivity contribution in [3.63, 3.8) is 0 Å². The highest BCUT2D eigenvalue weighted by molar-refractivity contribution is 5.81. The fourth-order valence-electron chi connectivity index (χ4n) is 2.80. The lowest BCUT2D eigenvalue weighted by Gasteiger charge is -2.36. The molecule has 0 aromatic heterocycles. The number of carbonyl (C=O) groups is 3. The smallest absolute Gasteiger partial charge is 0.408 e. The number of carboxylic acid groups (broad SMARTS) is 1. The maximum absolute atomic E-state index is 12.3. The Morgan fingerprint density at radius 2 is 1.96 bits per heavy atom. The molecule has 0 radical (unpaired) electrons. The first-order valence-corrected chi connectivity index (χ1v) is 7.94. The molecule has 0 spiro atoms. The van der Waals surface area contributed by atoms with Crippen molar-refractivity contribution in [2.24, 2.45) is 0 Å². The summed E-state index contributed by atoms with van der Waals surface area (Å²) in [4.78, 5) is 45.8. The molecule has 1 fully saturated rings. The molecule has 1 aromatic rings. The zero-order chi connectivity index (χ0) is 19.3. The van der Waals surface area contributed by atoms with E-state index in [4.69, 9.17) is 4.74 Å². The normalized spacial score (nSPS) is 19.5. The summed E-state index contributed by atoms with van der Waals surface area (Å²) in [5.74, 6) is -0.952. The predicted octanol–water partition coefficient (Wildman–Crippen LogP) is 1.29. The maximum Gasteiger partial charge on any atom is 0.408 e. The van der Waals surface area contributed by atoms with Crippen LogP contribution in [0.3, 0.4) is 0 Å². The van der Waals surface area contributed by atoms with Crippen molar-refractivity contribution in [2.45, 2.75) is 38.5 Å². The molecule has 1 heterocycles. The van der Waals surface area contributed by atoms with Crippen LogP contribution < -0.4 is 5.32 Å². The molecule has 1 aromatic carbocycles. The second-order valence-electron chi connectivity index (χ2n) is 5.96. The highest BCUT2D eigenvalue weighted by Gasteiger charge is 2.37. The molecule has 0 saturated carbocycles. The average Bonchev–Trinajstić information content (AvgIpc) is 2.59. The molecule has 10 heteroatoms. The van der Waals surface area contributed by atoms with E-state index in [-0.39, 0.29) is 37.2 Å². The van der Waals surface area contributed by atoms with Gasteiger partial charge in [0.15, 0.2) is 0 Å². The molecular weight excluding hydrogens is 346 g/mol. The molecule has 2 amide bonds. The molecular formula is C16H19N3O7. The monoisotopic (exact) mass is 365 g/mol.